The molecule has 10 heavy (non-hydrogen) atoms. The van der Waals surface area contributed by atoms with Gasteiger partial charge in [0.2, 0.25) is 0 Å². The maximum atomic E-state index is 10.0. The number of carbonyl (C=O) groups is 1. The van der Waals surface area contributed by atoms with Gasteiger partial charge in [-0.05, 0) is 6.42 Å². The van der Waals surface area contributed by atoms with Crippen molar-refractivity contribution in [1.29, 1.82) is 0 Å². The van der Waals surface area contributed by atoms with Gasteiger partial charge in [0.15, 0.2) is 0 Å². The van der Waals surface area contributed by atoms with Crippen molar-refractivity contribution in [3.05, 3.63) is 0 Å². The molecule has 1 heterocycles. The number of esters is 1. The Hall–Kier alpha value is -0.530. The fourth-order valence-electron chi connectivity index (χ4n) is 0.475. The van der Waals surface area contributed by atoms with Gasteiger partial charge in [0, 0.05) is 6.42 Å². The number of carbonyl (C=O) groups excluding carboxylic acids is 1. The minimum Gasteiger partial charge on any atom is -0.466 e. The second kappa shape index (κ2) is 6.59. The Bertz CT molecular complexity index is 79.3. The molecule has 2 nitrogen and oxygen atoms in total. The van der Waals surface area contributed by atoms with Crippen LogP contribution in [0.15, 0.2) is 0 Å². The smallest absolute Gasteiger partial charge is 0.305 e. The molecule has 0 aliphatic carbocycles. The van der Waals surface area contributed by atoms with E-state index >= 15 is 0 Å². The summed E-state index contributed by atoms with van der Waals surface area (Å²) in [6, 6.07) is 0. The molecule has 0 spiro atoms. The van der Waals surface area contributed by atoms with Gasteiger partial charge in [-0.3, -0.25) is 4.79 Å². The Labute approximate surface area is 62.6 Å². The summed E-state index contributed by atoms with van der Waals surface area (Å²) in [6.07, 6.45) is 4.18. The highest BCUT2D eigenvalue weighted by Gasteiger charge is 2.08. The molecule has 2 heteroatoms. The lowest BCUT2D eigenvalue weighted by atomic mass is 10.4. The molecule has 1 fully saturated rings. The van der Waals surface area contributed by atoms with E-state index in [9.17, 15) is 4.79 Å². The highest BCUT2D eigenvalue weighted by molar-refractivity contribution is 5.70. The molecule has 1 saturated heterocycles. The number of unbranched alkanes of at least 4 members (excludes halogenated alkanes) is 1. The van der Waals surface area contributed by atoms with E-state index in [2.05, 4.69) is 18.6 Å². The molecule has 0 radical (unpaired) electrons. The Kier molecular flexibility index (Phi) is 6.24. The second-order valence-electron chi connectivity index (χ2n) is 2.32. The van der Waals surface area contributed by atoms with Crippen molar-refractivity contribution in [3.8, 4) is 0 Å². The van der Waals surface area contributed by atoms with Crippen LogP contribution in [0.5, 0.6) is 0 Å². The average Bonchev–Trinajstić information content (AvgIpc) is 2.40. The van der Waals surface area contributed by atoms with Crippen molar-refractivity contribution < 1.29 is 9.53 Å². The van der Waals surface area contributed by atoms with Gasteiger partial charge >= 0.3 is 5.97 Å². The van der Waals surface area contributed by atoms with Crippen molar-refractivity contribution in [2.24, 2.45) is 0 Å². The first kappa shape index (κ1) is 9.47. The monoisotopic (exact) mass is 144 g/mol. The normalized spacial score (nSPS) is 15.6. The van der Waals surface area contributed by atoms with Crippen LogP contribution >= 0.6 is 0 Å². The third-order valence-electron chi connectivity index (χ3n) is 1.29. The molecule has 1 aliphatic rings. The van der Waals surface area contributed by atoms with Crippen LogP contribution in [0.25, 0.3) is 0 Å². The summed E-state index contributed by atoms with van der Waals surface area (Å²) in [5.74, 6) is -0.0463. The number of rotatable bonds is 1. The van der Waals surface area contributed by atoms with Gasteiger partial charge in [0.05, 0.1) is 6.61 Å². The average molecular weight is 144 g/mol. The minimum absolute atomic E-state index is 0.0463. The van der Waals surface area contributed by atoms with Crippen LogP contribution in [0.4, 0.5) is 0 Å². The molecule has 0 bridgehead atoms. The number of cyclic esters (lactones) is 1. The standard InChI is InChI=1S/C4H6O2.C4H10/c5-4-2-1-3-6-4;1-3-4-2/h1-3H2;3-4H2,1-2H3. The van der Waals surface area contributed by atoms with Crippen molar-refractivity contribution in [2.45, 2.75) is 39.5 Å². The number of ether oxygens (including phenoxy) is 1. The fraction of sp³-hybridized carbons (Fsp3) is 0.875. The first-order valence-electron chi connectivity index (χ1n) is 3.96. The summed E-state index contributed by atoms with van der Waals surface area (Å²) in [7, 11) is 0. The molecule has 0 atom stereocenters. The van der Waals surface area contributed by atoms with E-state index in [1.54, 1.807) is 0 Å². The molecular formula is C8H16O2. The van der Waals surface area contributed by atoms with E-state index in [0.717, 1.165) is 6.42 Å². The van der Waals surface area contributed by atoms with Crippen LogP contribution in [-0.2, 0) is 9.53 Å². The van der Waals surface area contributed by atoms with Gasteiger partial charge < -0.3 is 4.74 Å². The van der Waals surface area contributed by atoms with Crippen molar-refractivity contribution in [3.63, 3.8) is 0 Å². The zero-order valence-electron chi connectivity index (χ0n) is 6.85. The molecule has 1 rings (SSSR count). The van der Waals surface area contributed by atoms with Gasteiger partial charge in [-0.15, -0.1) is 0 Å². The summed E-state index contributed by atoms with van der Waals surface area (Å²) >= 11 is 0. The Morgan fingerprint density at radius 2 is 2.00 bits per heavy atom. The molecular weight excluding hydrogens is 128 g/mol. The van der Waals surface area contributed by atoms with E-state index in [0.29, 0.717) is 13.0 Å². The van der Waals surface area contributed by atoms with Crippen LogP contribution in [-0.4, -0.2) is 12.6 Å². The molecule has 0 aromatic heterocycles. The number of hydrogen-bond donors (Lipinski definition) is 0. The second-order valence-corrected chi connectivity index (χ2v) is 2.32. The van der Waals surface area contributed by atoms with Crippen LogP contribution in [0, 0.1) is 0 Å². The highest BCUT2D eigenvalue weighted by Crippen LogP contribution is 2.01. The maximum absolute atomic E-state index is 10.0. The Morgan fingerprint density at radius 3 is 2.10 bits per heavy atom. The van der Waals surface area contributed by atoms with E-state index in [1.165, 1.54) is 12.8 Å². The lowest BCUT2D eigenvalue weighted by Crippen LogP contribution is -1.88. The predicted molar refractivity (Wildman–Crippen MR) is 40.8 cm³/mol. The van der Waals surface area contributed by atoms with Crippen molar-refractivity contribution in [2.75, 3.05) is 6.61 Å². The molecule has 60 valence electrons. The topological polar surface area (TPSA) is 26.3 Å². The zero-order chi connectivity index (χ0) is 7.82. The van der Waals surface area contributed by atoms with E-state index in [4.69, 9.17) is 0 Å². The lowest BCUT2D eigenvalue weighted by Gasteiger charge is -1.81. The first-order valence-corrected chi connectivity index (χ1v) is 3.96. The van der Waals surface area contributed by atoms with Crippen molar-refractivity contribution in [1.82, 2.24) is 0 Å². The molecule has 0 amide bonds. The van der Waals surface area contributed by atoms with Crippen LogP contribution in [0.1, 0.15) is 39.5 Å². The fourth-order valence-corrected chi connectivity index (χ4v) is 0.475. The van der Waals surface area contributed by atoms with E-state index in [-0.39, 0.29) is 5.97 Å². The summed E-state index contributed by atoms with van der Waals surface area (Å²) in [5.41, 5.74) is 0. The predicted octanol–water partition coefficient (Wildman–Crippen LogP) is 2.13. The third-order valence-corrected chi connectivity index (χ3v) is 1.29. The number of hydrogen-bond acceptors (Lipinski definition) is 2. The molecule has 0 unspecified atom stereocenters. The summed E-state index contributed by atoms with van der Waals surface area (Å²) in [4.78, 5) is 10.0. The quantitative estimate of drug-likeness (QED) is 0.527. The zero-order valence-corrected chi connectivity index (χ0v) is 6.85. The van der Waals surface area contributed by atoms with Gasteiger partial charge in [-0.1, -0.05) is 26.7 Å². The highest BCUT2D eigenvalue weighted by atomic mass is 16.5. The van der Waals surface area contributed by atoms with Crippen LogP contribution in [0.2, 0.25) is 0 Å². The van der Waals surface area contributed by atoms with Gasteiger partial charge in [-0.2, -0.15) is 0 Å². The van der Waals surface area contributed by atoms with Crippen LogP contribution in [0.3, 0.4) is 0 Å². The molecule has 0 aromatic carbocycles. The molecule has 1 aliphatic heterocycles. The third kappa shape index (κ3) is 5.60. The largest absolute Gasteiger partial charge is 0.466 e. The van der Waals surface area contributed by atoms with Crippen LogP contribution < -0.4 is 0 Å². The summed E-state index contributed by atoms with van der Waals surface area (Å²) in [5, 5.41) is 0. The van der Waals surface area contributed by atoms with Gasteiger partial charge in [-0.25, -0.2) is 0 Å². The minimum atomic E-state index is -0.0463. The van der Waals surface area contributed by atoms with Gasteiger partial charge in [0.25, 0.3) is 0 Å². The van der Waals surface area contributed by atoms with E-state index in [1.807, 2.05) is 0 Å². The summed E-state index contributed by atoms with van der Waals surface area (Å²) in [6.45, 7) is 5.00. The SMILES string of the molecule is CCCC.O=C1CCCO1. The van der Waals surface area contributed by atoms with E-state index < -0.39 is 0 Å². The molecule has 0 aromatic rings. The Morgan fingerprint density at radius 1 is 1.40 bits per heavy atom. The first-order chi connectivity index (χ1) is 4.81. The molecule has 0 N–H and O–H groups in total. The Balaban J connectivity index is 0.000000180. The van der Waals surface area contributed by atoms with Gasteiger partial charge in [0.1, 0.15) is 0 Å². The lowest BCUT2D eigenvalue weighted by molar-refractivity contribution is -0.137. The van der Waals surface area contributed by atoms with Crippen molar-refractivity contribution >= 4 is 5.97 Å². The maximum Gasteiger partial charge on any atom is 0.305 e. The molecule has 0 saturated carbocycles. The summed E-state index contributed by atoms with van der Waals surface area (Å²) < 4.78 is 4.51.